The minimum Gasteiger partial charge on any atom is -0.436 e. The van der Waals surface area contributed by atoms with Crippen LogP contribution >= 0.6 is 38.9 Å². The van der Waals surface area contributed by atoms with Gasteiger partial charge in [0.1, 0.15) is 5.75 Å². The molecule has 0 aliphatic rings. The van der Waals surface area contributed by atoms with E-state index in [-0.39, 0.29) is 0 Å². The summed E-state index contributed by atoms with van der Waals surface area (Å²) in [6, 6.07) is 5.48. The third kappa shape index (κ3) is 2.56. The van der Waals surface area contributed by atoms with Crippen molar-refractivity contribution in [3.05, 3.63) is 45.0 Å². The van der Waals surface area contributed by atoms with Gasteiger partial charge in [0.15, 0.2) is 4.96 Å². The predicted molar refractivity (Wildman–Crippen MR) is 85.1 cm³/mol. The first-order valence-corrected chi connectivity index (χ1v) is 8.01. The zero-order valence-electron chi connectivity index (χ0n) is 10.3. The zero-order chi connectivity index (χ0) is 14.1. The monoisotopic (exact) mass is 371 g/mol. The number of imidazole rings is 1. The van der Waals surface area contributed by atoms with Gasteiger partial charge < -0.3 is 10.5 Å². The van der Waals surface area contributed by atoms with E-state index in [4.69, 9.17) is 22.1 Å². The number of ether oxygens (including phenoxy) is 1. The Balaban J connectivity index is 2.01. The molecule has 7 heteroatoms. The van der Waals surface area contributed by atoms with Gasteiger partial charge in [-0.15, -0.1) is 11.3 Å². The summed E-state index contributed by atoms with van der Waals surface area (Å²) in [6.45, 7) is 0.536. The molecule has 0 unspecified atom stereocenters. The Labute approximate surface area is 133 Å². The molecule has 3 rings (SSSR count). The number of aromatic nitrogens is 2. The number of nitrogens with two attached hydrogens (primary N) is 1. The van der Waals surface area contributed by atoms with Crippen molar-refractivity contribution in [2.45, 2.75) is 6.42 Å². The van der Waals surface area contributed by atoms with Crippen molar-refractivity contribution in [2.24, 2.45) is 5.73 Å². The molecule has 4 nitrogen and oxygen atoms in total. The van der Waals surface area contributed by atoms with Gasteiger partial charge in [-0.2, -0.15) is 4.98 Å². The second-order valence-corrected chi connectivity index (χ2v) is 6.33. The molecule has 0 fully saturated rings. The fourth-order valence-corrected chi connectivity index (χ4v) is 3.36. The highest BCUT2D eigenvalue weighted by molar-refractivity contribution is 9.10. The maximum absolute atomic E-state index is 6.17. The van der Waals surface area contributed by atoms with E-state index in [9.17, 15) is 0 Å². The molecule has 2 heterocycles. The molecule has 3 aromatic rings. The highest BCUT2D eigenvalue weighted by Crippen LogP contribution is 2.33. The first kappa shape index (κ1) is 13.9. The van der Waals surface area contributed by atoms with Crippen LogP contribution in [0.3, 0.4) is 0 Å². The third-order valence-electron chi connectivity index (χ3n) is 2.81. The van der Waals surface area contributed by atoms with Crippen LogP contribution in [0.4, 0.5) is 0 Å². The molecule has 0 saturated carbocycles. The summed E-state index contributed by atoms with van der Waals surface area (Å²) in [7, 11) is 0. The maximum Gasteiger partial charge on any atom is 0.242 e. The van der Waals surface area contributed by atoms with Crippen molar-refractivity contribution in [3.8, 4) is 11.6 Å². The van der Waals surface area contributed by atoms with Gasteiger partial charge in [-0.1, -0.05) is 27.5 Å². The molecular formula is C13H11BrClN3OS. The van der Waals surface area contributed by atoms with Gasteiger partial charge in [-0.3, -0.25) is 4.40 Å². The lowest BCUT2D eigenvalue weighted by atomic mass is 10.3. The summed E-state index contributed by atoms with van der Waals surface area (Å²) in [5.74, 6) is 1.14. The maximum atomic E-state index is 6.17. The van der Waals surface area contributed by atoms with Gasteiger partial charge in [0.25, 0.3) is 0 Å². The lowest BCUT2D eigenvalue weighted by Gasteiger charge is -2.07. The topological polar surface area (TPSA) is 52.5 Å². The molecule has 0 saturated heterocycles. The number of nitrogens with zero attached hydrogens (tertiary/aromatic N) is 2. The Morgan fingerprint density at radius 2 is 2.30 bits per heavy atom. The van der Waals surface area contributed by atoms with Crippen LogP contribution in [0, 0.1) is 0 Å². The summed E-state index contributed by atoms with van der Waals surface area (Å²) < 4.78 is 8.76. The molecule has 20 heavy (non-hydrogen) atoms. The molecule has 0 aliphatic heterocycles. The summed E-state index contributed by atoms with van der Waals surface area (Å²) >= 11 is 11.1. The summed E-state index contributed by atoms with van der Waals surface area (Å²) in [5, 5.41) is 2.52. The zero-order valence-corrected chi connectivity index (χ0v) is 13.5. The Morgan fingerprint density at radius 3 is 3.05 bits per heavy atom. The number of hydrogen-bond acceptors (Lipinski definition) is 4. The number of fused-ring (bicyclic) bond motifs is 1. The molecule has 0 bridgehead atoms. The van der Waals surface area contributed by atoms with E-state index >= 15 is 0 Å². The van der Waals surface area contributed by atoms with Crippen LogP contribution in [-0.2, 0) is 6.42 Å². The normalized spacial score (nSPS) is 11.2. The van der Waals surface area contributed by atoms with Gasteiger partial charge in [-0.05, 0) is 24.7 Å². The first-order valence-electron chi connectivity index (χ1n) is 5.96. The average molecular weight is 373 g/mol. The van der Waals surface area contributed by atoms with Crippen molar-refractivity contribution in [1.82, 2.24) is 9.38 Å². The van der Waals surface area contributed by atoms with E-state index in [0.29, 0.717) is 29.6 Å². The summed E-state index contributed by atoms with van der Waals surface area (Å²) in [5.41, 5.74) is 6.63. The molecule has 0 aliphatic carbocycles. The van der Waals surface area contributed by atoms with Crippen LogP contribution in [0.25, 0.3) is 4.96 Å². The highest BCUT2D eigenvalue weighted by atomic mass is 79.9. The second kappa shape index (κ2) is 5.73. The van der Waals surface area contributed by atoms with Crippen molar-refractivity contribution in [3.63, 3.8) is 0 Å². The van der Waals surface area contributed by atoms with Gasteiger partial charge in [0, 0.05) is 22.5 Å². The van der Waals surface area contributed by atoms with Crippen LogP contribution < -0.4 is 10.5 Å². The van der Waals surface area contributed by atoms with Crippen LogP contribution in [0.2, 0.25) is 5.02 Å². The Hall–Kier alpha value is -1.08. The van der Waals surface area contributed by atoms with E-state index in [1.807, 2.05) is 28.1 Å². The minimum atomic E-state index is 0.536. The Kier molecular flexibility index (Phi) is 3.98. The van der Waals surface area contributed by atoms with Gasteiger partial charge in [-0.25, -0.2) is 0 Å². The SMILES string of the molecule is NCCc1c(Oc2ccc(Br)cc2Cl)nc2sccn12. The smallest absolute Gasteiger partial charge is 0.242 e. The number of thiazole rings is 1. The number of hydrogen-bond donors (Lipinski definition) is 1. The molecule has 0 spiro atoms. The van der Waals surface area contributed by atoms with E-state index in [2.05, 4.69) is 20.9 Å². The lowest BCUT2D eigenvalue weighted by molar-refractivity contribution is 0.459. The van der Waals surface area contributed by atoms with E-state index < -0.39 is 0 Å². The second-order valence-electron chi connectivity index (χ2n) is 4.13. The molecule has 2 aromatic heterocycles. The number of halogens is 2. The van der Waals surface area contributed by atoms with E-state index in [0.717, 1.165) is 15.1 Å². The van der Waals surface area contributed by atoms with Crippen LogP contribution in [0.1, 0.15) is 5.69 Å². The molecule has 0 amide bonds. The fourth-order valence-electron chi connectivity index (χ4n) is 1.92. The molecule has 104 valence electrons. The first-order chi connectivity index (χ1) is 9.69. The highest BCUT2D eigenvalue weighted by Gasteiger charge is 2.15. The molecular weight excluding hydrogens is 362 g/mol. The van der Waals surface area contributed by atoms with E-state index in [1.54, 1.807) is 17.4 Å². The van der Waals surface area contributed by atoms with Crippen molar-refractivity contribution >= 4 is 43.8 Å². The lowest BCUT2D eigenvalue weighted by Crippen LogP contribution is -2.05. The quantitative estimate of drug-likeness (QED) is 0.750. The molecule has 0 radical (unpaired) electrons. The molecule has 0 atom stereocenters. The van der Waals surface area contributed by atoms with Crippen molar-refractivity contribution in [2.75, 3.05) is 6.54 Å². The van der Waals surface area contributed by atoms with Crippen LogP contribution in [0.15, 0.2) is 34.2 Å². The largest absolute Gasteiger partial charge is 0.436 e. The average Bonchev–Trinajstić information content (AvgIpc) is 2.96. The summed E-state index contributed by atoms with van der Waals surface area (Å²) in [6.07, 6.45) is 2.66. The Morgan fingerprint density at radius 1 is 1.45 bits per heavy atom. The van der Waals surface area contributed by atoms with E-state index in [1.165, 1.54) is 0 Å². The van der Waals surface area contributed by atoms with Gasteiger partial charge in [0.2, 0.25) is 5.88 Å². The van der Waals surface area contributed by atoms with Crippen molar-refractivity contribution < 1.29 is 4.74 Å². The van der Waals surface area contributed by atoms with Crippen LogP contribution in [0.5, 0.6) is 11.6 Å². The predicted octanol–water partition coefficient (Wildman–Crippen LogP) is 4.11. The van der Waals surface area contributed by atoms with Crippen LogP contribution in [-0.4, -0.2) is 15.9 Å². The molecule has 1 aromatic carbocycles. The van der Waals surface area contributed by atoms with Gasteiger partial charge in [0.05, 0.1) is 10.7 Å². The standard InChI is InChI=1S/C13H11BrClN3OS/c14-8-1-2-11(9(15)7-8)19-12-10(3-4-16)18-5-6-20-13(18)17-12/h1-2,5-7H,3-4,16H2. The fraction of sp³-hybridized carbons (Fsp3) is 0.154. The number of rotatable bonds is 4. The van der Waals surface area contributed by atoms with Gasteiger partial charge >= 0.3 is 0 Å². The van der Waals surface area contributed by atoms with Crippen molar-refractivity contribution in [1.29, 1.82) is 0 Å². The molecule has 2 N–H and O–H groups in total. The Bertz CT molecular complexity index is 755. The number of benzene rings is 1. The summed E-state index contributed by atoms with van der Waals surface area (Å²) in [4.78, 5) is 5.37. The minimum absolute atomic E-state index is 0.536. The third-order valence-corrected chi connectivity index (χ3v) is 4.35.